The number of nitro groups is 1. The van der Waals surface area contributed by atoms with Crippen LogP contribution in [0.15, 0.2) is 46.5 Å². The van der Waals surface area contributed by atoms with Crippen molar-refractivity contribution in [1.29, 1.82) is 0 Å². The molecule has 1 aromatic rings. The number of rotatable bonds is 5. The van der Waals surface area contributed by atoms with Crippen LogP contribution in [-0.4, -0.2) is 31.2 Å². The predicted octanol–water partition coefficient (Wildman–Crippen LogP) is 4.47. The molecule has 2 aliphatic rings. The molecule has 1 aromatic carbocycles. The minimum atomic E-state index is -3.79. The van der Waals surface area contributed by atoms with E-state index in [1.54, 1.807) is 19.9 Å². The molecule has 0 radical (unpaired) electrons. The van der Waals surface area contributed by atoms with Crippen LogP contribution in [0.3, 0.4) is 0 Å². The van der Waals surface area contributed by atoms with E-state index in [-0.39, 0.29) is 41.6 Å². The van der Waals surface area contributed by atoms with Gasteiger partial charge in [-0.3, -0.25) is 14.7 Å². The summed E-state index contributed by atoms with van der Waals surface area (Å²) in [5.74, 6) is -1.13. The van der Waals surface area contributed by atoms with Crippen molar-refractivity contribution >= 4 is 19.3 Å². The molecular weight excluding hydrogens is 423 g/mol. The summed E-state index contributed by atoms with van der Waals surface area (Å²) in [4.78, 5) is 23.6. The van der Waals surface area contributed by atoms with Gasteiger partial charge in [-0.25, -0.2) is 4.79 Å². The Balaban J connectivity index is 2.15. The summed E-state index contributed by atoms with van der Waals surface area (Å²) < 4.78 is 30.5. The first kappa shape index (κ1) is 23.2. The topological polar surface area (TPSA) is 117 Å². The quantitative estimate of drug-likeness (QED) is 0.302. The van der Waals surface area contributed by atoms with Gasteiger partial charge in [-0.2, -0.15) is 0 Å². The van der Waals surface area contributed by atoms with Crippen molar-refractivity contribution in [2.45, 2.75) is 33.6 Å². The maximum atomic E-state index is 13.9. The highest BCUT2D eigenvalue weighted by Crippen LogP contribution is 2.65. The van der Waals surface area contributed by atoms with Gasteiger partial charge in [0.25, 0.3) is 5.69 Å². The van der Waals surface area contributed by atoms with E-state index < -0.39 is 24.4 Å². The SMILES string of the molecule is COC(=O)C1=C(C)NC(C)=C(P2(=O)OCC(C(C)C)CO2)C1c1cccc([N+](=O)[O-])c1. The van der Waals surface area contributed by atoms with Gasteiger partial charge in [-0.15, -0.1) is 0 Å². The summed E-state index contributed by atoms with van der Waals surface area (Å²) in [5.41, 5.74) is 1.52. The molecular formula is C21H27N2O7P. The van der Waals surface area contributed by atoms with Crippen molar-refractivity contribution < 1.29 is 28.1 Å². The third kappa shape index (κ3) is 4.44. The first-order valence-electron chi connectivity index (χ1n) is 10.00. The molecule has 0 aromatic heterocycles. The lowest BCUT2D eigenvalue weighted by Crippen LogP contribution is -2.32. The second-order valence-electron chi connectivity index (χ2n) is 8.04. The first-order chi connectivity index (χ1) is 14.6. The lowest BCUT2D eigenvalue weighted by atomic mass is 9.86. The fraction of sp³-hybridized carbons (Fsp3) is 0.476. The van der Waals surface area contributed by atoms with Crippen molar-refractivity contribution in [2.75, 3.05) is 20.3 Å². The van der Waals surface area contributed by atoms with E-state index in [1.807, 2.05) is 13.8 Å². The lowest BCUT2D eigenvalue weighted by molar-refractivity contribution is -0.384. The average molecular weight is 450 g/mol. The van der Waals surface area contributed by atoms with Crippen molar-refractivity contribution in [2.24, 2.45) is 11.8 Å². The maximum absolute atomic E-state index is 13.9. The highest BCUT2D eigenvalue weighted by atomic mass is 31.2. The molecule has 2 heterocycles. The molecule has 1 atom stereocenters. The van der Waals surface area contributed by atoms with Crippen LogP contribution in [0.5, 0.6) is 0 Å². The molecule has 0 amide bonds. The van der Waals surface area contributed by atoms with E-state index in [9.17, 15) is 19.5 Å². The Kier molecular flexibility index (Phi) is 6.69. The van der Waals surface area contributed by atoms with Crippen molar-refractivity contribution in [1.82, 2.24) is 5.32 Å². The fourth-order valence-corrected chi connectivity index (χ4v) is 6.06. The largest absolute Gasteiger partial charge is 0.466 e. The number of carbonyl (C=O) groups excluding carboxylic acids is 1. The van der Waals surface area contributed by atoms with Gasteiger partial charge in [-0.05, 0) is 25.3 Å². The molecule has 2 aliphatic heterocycles. The fourth-order valence-electron chi connectivity index (χ4n) is 3.87. The zero-order valence-electron chi connectivity index (χ0n) is 18.2. The number of methoxy groups -OCH3 is 1. The van der Waals surface area contributed by atoms with Crippen LogP contribution in [0, 0.1) is 22.0 Å². The van der Waals surface area contributed by atoms with Crippen LogP contribution in [0.4, 0.5) is 5.69 Å². The van der Waals surface area contributed by atoms with Crippen LogP contribution in [0.1, 0.15) is 39.2 Å². The number of nitro benzene ring substituents is 1. The second kappa shape index (κ2) is 8.94. The Morgan fingerprint density at radius 3 is 2.45 bits per heavy atom. The zero-order valence-corrected chi connectivity index (χ0v) is 19.1. The predicted molar refractivity (Wildman–Crippen MR) is 114 cm³/mol. The molecule has 9 nitrogen and oxygen atoms in total. The molecule has 1 saturated heterocycles. The van der Waals surface area contributed by atoms with Crippen molar-refractivity contribution in [3.05, 3.63) is 62.2 Å². The van der Waals surface area contributed by atoms with E-state index >= 15 is 0 Å². The lowest BCUT2D eigenvalue weighted by Gasteiger charge is -2.38. The maximum Gasteiger partial charge on any atom is 0.360 e. The molecule has 31 heavy (non-hydrogen) atoms. The minimum absolute atomic E-state index is 0.0909. The molecule has 1 fully saturated rings. The number of non-ortho nitro benzene ring substituents is 1. The van der Waals surface area contributed by atoms with Gasteiger partial charge in [0.15, 0.2) is 0 Å². The number of allylic oxidation sites excluding steroid dienone is 3. The van der Waals surface area contributed by atoms with E-state index in [0.29, 0.717) is 17.0 Å². The summed E-state index contributed by atoms with van der Waals surface area (Å²) in [6.07, 6.45) is 0. The van der Waals surface area contributed by atoms with Crippen LogP contribution >= 0.6 is 7.60 Å². The normalized spacial score (nSPS) is 26.6. The Labute approximate surface area is 181 Å². The first-order valence-corrected chi connectivity index (χ1v) is 11.5. The van der Waals surface area contributed by atoms with Gasteiger partial charge < -0.3 is 19.1 Å². The Hall–Kier alpha value is -2.48. The summed E-state index contributed by atoms with van der Waals surface area (Å²) >= 11 is 0. The number of dihydropyridines is 1. The van der Waals surface area contributed by atoms with Gasteiger partial charge in [0, 0.05) is 29.4 Å². The van der Waals surface area contributed by atoms with Gasteiger partial charge in [0.2, 0.25) is 0 Å². The number of nitrogens with zero attached hydrogens (tertiary/aromatic N) is 1. The monoisotopic (exact) mass is 450 g/mol. The number of nitrogens with one attached hydrogen (secondary N) is 1. The third-order valence-electron chi connectivity index (χ3n) is 5.70. The van der Waals surface area contributed by atoms with Crippen LogP contribution < -0.4 is 5.32 Å². The van der Waals surface area contributed by atoms with Gasteiger partial charge in [0.1, 0.15) is 0 Å². The van der Waals surface area contributed by atoms with Crippen LogP contribution in [0.2, 0.25) is 0 Å². The molecule has 0 bridgehead atoms. The van der Waals surface area contributed by atoms with Crippen molar-refractivity contribution in [3.8, 4) is 0 Å². The Morgan fingerprint density at radius 2 is 1.90 bits per heavy atom. The minimum Gasteiger partial charge on any atom is -0.466 e. The highest BCUT2D eigenvalue weighted by Gasteiger charge is 2.47. The average Bonchev–Trinajstić information content (AvgIpc) is 2.72. The molecule has 3 rings (SSSR count). The second-order valence-corrected chi connectivity index (χ2v) is 10.0. The number of carbonyl (C=O) groups is 1. The smallest absolute Gasteiger partial charge is 0.360 e. The molecule has 0 saturated carbocycles. The van der Waals surface area contributed by atoms with Crippen molar-refractivity contribution in [3.63, 3.8) is 0 Å². The molecule has 10 heteroatoms. The third-order valence-corrected chi connectivity index (χ3v) is 7.86. The molecule has 1 N–H and O–H groups in total. The van der Waals surface area contributed by atoms with E-state index in [4.69, 9.17) is 13.8 Å². The van der Waals surface area contributed by atoms with Gasteiger partial charge in [-0.1, -0.05) is 26.0 Å². The number of ether oxygens (including phenoxy) is 1. The van der Waals surface area contributed by atoms with Crippen LogP contribution in [-0.2, 0) is 23.1 Å². The summed E-state index contributed by atoms with van der Waals surface area (Å²) in [5, 5.41) is 14.7. The number of benzene rings is 1. The standard InChI is InChI=1S/C21H27N2O7P/c1-12(2)16-10-29-31(27,30-11-16)20-14(4)22-13(3)18(21(24)28-5)19(20)15-7-6-8-17(9-15)23(25)26/h6-9,12,16,19,22H,10-11H2,1-5H3. The number of hydrogen-bond acceptors (Lipinski definition) is 8. The number of esters is 1. The molecule has 0 spiro atoms. The highest BCUT2D eigenvalue weighted by molar-refractivity contribution is 7.58. The zero-order chi connectivity index (χ0) is 22.9. The summed E-state index contributed by atoms with van der Waals surface area (Å²) in [6, 6.07) is 5.91. The molecule has 1 unspecified atom stereocenters. The van der Waals surface area contributed by atoms with E-state index in [0.717, 1.165) is 0 Å². The summed E-state index contributed by atoms with van der Waals surface area (Å²) in [6.45, 7) is 8.00. The van der Waals surface area contributed by atoms with Gasteiger partial charge >= 0.3 is 13.6 Å². The molecule has 168 valence electrons. The number of hydrogen-bond donors (Lipinski definition) is 1. The molecule has 0 aliphatic carbocycles. The Morgan fingerprint density at radius 1 is 1.26 bits per heavy atom. The van der Waals surface area contributed by atoms with E-state index in [1.165, 1.54) is 25.3 Å². The summed E-state index contributed by atoms with van der Waals surface area (Å²) in [7, 11) is -2.54. The Bertz CT molecular complexity index is 1000. The van der Waals surface area contributed by atoms with E-state index in [2.05, 4.69) is 5.32 Å². The van der Waals surface area contributed by atoms with Crippen LogP contribution in [0.25, 0.3) is 0 Å². The van der Waals surface area contributed by atoms with Gasteiger partial charge in [0.05, 0.1) is 42.1 Å².